The number of ether oxygens (including phenoxy) is 1. The number of nitrogens with zero attached hydrogens (tertiary/aromatic N) is 6. The lowest BCUT2D eigenvalue weighted by molar-refractivity contribution is -0.135. The zero-order valence-electron chi connectivity index (χ0n) is 30.4. The number of H-pyrrole nitrogens is 2. The Morgan fingerprint density at radius 2 is 1.49 bits per heavy atom. The lowest BCUT2D eigenvalue weighted by Gasteiger charge is -2.29. The van der Waals surface area contributed by atoms with Crippen LogP contribution in [0.2, 0.25) is 0 Å². The Kier molecular flexibility index (Phi) is 10.2. The summed E-state index contributed by atoms with van der Waals surface area (Å²) in [6, 6.07) is 12.9. The van der Waals surface area contributed by atoms with Crippen molar-refractivity contribution in [3.05, 3.63) is 72.7 Å². The monoisotopic (exact) mass is 719 g/mol. The maximum absolute atomic E-state index is 13.6. The molecule has 2 aliphatic heterocycles. The Labute approximate surface area is 307 Å². The molecule has 53 heavy (non-hydrogen) atoms. The smallest absolute Gasteiger partial charge is 0.407 e. The standard InChI is InChI=1S/C39H45N9O5/c1-22(2)35(46-39(52)53-4)38(51)48-16-6-8-33(48)37-43-27-14-13-26(18-28(27)44-37)30-20-40-29(19-41-30)24-9-11-25(12-10-24)31-21-42-36(45-31)32-7-5-15-47(32)34(50)17-23(3)49/h9-14,18-23,32-33,35,49H,5-8,15-17H2,1-4H3,(H,42,45)(H,43,44)(H,46,52)/t23-,32+,33+,35+/m1/s1. The van der Waals surface area contributed by atoms with Crippen LogP contribution >= 0.6 is 0 Å². The fourth-order valence-electron chi connectivity index (χ4n) is 7.36. The topological polar surface area (TPSA) is 182 Å². The van der Waals surface area contributed by atoms with E-state index in [2.05, 4.69) is 20.3 Å². The van der Waals surface area contributed by atoms with E-state index in [0.717, 1.165) is 70.6 Å². The van der Waals surface area contributed by atoms with Gasteiger partial charge in [-0.3, -0.25) is 19.6 Å². The molecule has 14 heteroatoms. The summed E-state index contributed by atoms with van der Waals surface area (Å²) >= 11 is 0. The number of hydrogen-bond acceptors (Lipinski definition) is 9. The lowest BCUT2D eigenvalue weighted by atomic mass is 10.0. The molecule has 4 atom stereocenters. The number of carbonyl (C=O) groups excluding carboxylic acids is 3. The number of methoxy groups -OCH3 is 1. The Hall–Kier alpha value is -5.63. The Morgan fingerprint density at radius 3 is 2.15 bits per heavy atom. The average Bonchev–Trinajstić information content (AvgIpc) is 3.99. The number of aliphatic hydroxyl groups is 1. The number of aliphatic hydroxyl groups excluding tert-OH is 1. The predicted octanol–water partition coefficient (Wildman–Crippen LogP) is 5.56. The average molecular weight is 720 g/mol. The molecule has 0 unspecified atom stereocenters. The number of imidazole rings is 2. The minimum atomic E-state index is -0.696. The molecule has 14 nitrogen and oxygen atoms in total. The number of carbonyl (C=O) groups is 3. The van der Waals surface area contributed by atoms with E-state index >= 15 is 0 Å². The summed E-state index contributed by atoms with van der Waals surface area (Å²) in [6.07, 6.45) is 7.47. The summed E-state index contributed by atoms with van der Waals surface area (Å²) in [5, 5.41) is 12.4. The van der Waals surface area contributed by atoms with Gasteiger partial charge in [0.25, 0.3) is 0 Å². The van der Waals surface area contributed by atoms with E-state index in [0.29, 0.717) is 24.6 Å². The first kappa shape index (κ1) is 35.8. The highest BCUT2D eigenvalue weighted by Gasteiger charge is 2.38. The molecule has 0 bridgehead atoms. The first-order valence-corrected chi connectivity index (χ1v) is 18.2. The van der Waals surface area contributed by atoms with Crippen LogP contribution in [0.25, 0.3) is 44.8 Å². The van der Waals surface area contributed by atoms with Crippen LogP contribution in [-0.2, 0) is 14.3 Å². The molecule has 7 rings (SSSR count). The number of amides is 3. The molecule has 0 radical (unpaired) electrons. The molecule has 2 aromatic carbocycles. The summed E-state index contributed by atoms with van der Waals surface area (Å²) in [4.78, 5) is 67.5. The van der Waals surface area contributed by atoms with E-state index in [1.807, 2.05) is 61.2 Å². The van der Waals surface area contributed by atoms with Crippen LogP contribution in [0.15, 0.2) is 61.1 Å². The fourth-order valence-corrected chi connectivity index (χ4v) is 7.36. The van der Waals surface area contributed by atoms with Crippen LogP contribution in [0.3, 0.4) is 0 Å². The summed E-state index contributed by atoms with van der Waals surface area (Å²) in [7, 11) is 1.29. The van der Waals surface area contributed by atoms with Crippen LogP contribution in [0.5, 0.6) is 0 Å². The molecule has 3 aromatic heterocycles. The second-order valence-electron chi connectivity index (χ2n) is 14.2. The molecule has 4 N–H and O–H groups in total. The van der Waals surface area contributed by atoms with Crippen molar-refractivity contribution in [1.29, 1.82) is 0 Å². The first-order valence-electron chi connectivity index (χ1n) is 18.2. The lowest BCUT2D eigenvalue weighted by Crippen LogP contribution is -2.51. The third-order valence-electron chi connectivity index (χ3n) is 10.1. The van der Waals surface area contributed by atoms with Crippen LogP contribution in [0, 0.1) is 5.92 Å². The highest BCUT2D eigenvalue weighted by atomic mass is 16.5. The summed E-state index contributed by atoms with van der Waals surface area (Å²) in [6.45, 7) is 6.68. The van der Waals surface area contributed by atoms with Crippen molar-refractivity contribution in [2.75, 3.05) is 20.2 Å². The van der Waals surface area contributed by atoms with Gasteiger partial charge in [-0.1, -0.05) is 44.2 Å². The third-order valence-corrected chi connectivity index (χ3v) is 10.1. The van der Waals surface area contributed by atoms with Crippen molar-refractivity contribution < 1.29 is 24.2 Å². The Balaban J connectivity index is 1.03. The molecular weight excluding hydrogens is 674 g/mol. The quantitative estimate of drug-likeness (QED) is 0.144. The Bertz CT molecular complexity index is 2090. The van der Waals surface area contributed by atoms with Gasteiger partial charge in [0, 0.05) is 24.2 Å². The molecule has 276 valence electrons. The predicted molar refractivity (Wildman–Crippen MR) is 198 cm³/mol. The van der Waals surface area contributed by atoms with E-state index in [-0.39, 0.29) is 36.2 Å². The molecule has 5 aromatic rings. The van der Waals surface area contributed by atoms with Gasteiger partial charge in [0.15, 0.2) is 0 Å². The van der Waals surface area contributed by atoms with Gasteiger partial charge in [0.2, 0.25) is 11.8 Å². The normalized spacial score (nSPS) is 18.5. The molecule has 2 aliphatic rings. The molecule has 5 heterocycles. The van der Waals surface area contributed by atoms with E-state index in [9.17, 15) is 19.5 Å². The molecular formula is C39H45N9O5. The maximum atomic E-state index is 13.6. The Morgan fingerprint density at radius 1 is 0.849 bits per heavy atom. The van der Waals surface area contributed by atoms with Gasteiger partial charge in [-0.05, 0) is 56.2 Å². The van der Waals surface area contributed by atoms with E-state index < -0.39 is 18.2 Å². The number of likely N-dealkylation sites (tertiary alicyclic amines) is 2. The number of aromatic amines is 2. The van der Waals surface area contributed by atoms with Crippen LogP contribution in [0.4, 0.5) is 4.79 Å². The molecule has 0 aliphatic carbocycles. The van der Waals surface area contributed by atoms with Gasteiger partial charge in [-0.25, -0.2) is 14.8 Å². The second-order valence-corrected chi connectivity index (χ2v) is 14.2. The van der Waals surface area contributed by atoms with Crippen LogP contribution in [0.1, 0.15) is 76.6 Å². The minimum Gasteiger partial charge on any atom is -0.453 e. The molecule has 0 saturated carbocycles. The highest BCUT2D eigenvalue weighted by Crippen LogP contribution is 2.35. The summed E-state index contributed by atoms with van der Waals surface area (Å²) < 4.78 is 4.75. The van der Waals surface area contributed by atoms with Gasteiger partial charge >= 0.3 is 6.09 Å². The zero-order valence-corrected chi connectivity index (χ0v) is 30.4. The number of alkyl carbamates (subject to hydrolysis) is 1. The number of hydrogen-bond donors (Lipinski definition) is 4. The highest BCUT2D eigenvalue weighted by molar-refractivity contribution is 5.87. The van der Waals surface area contributed by atoms with Gasteiger partial charge in [0.1, 0.15) is 17.7 Å². The van der Waals surface area contributed by atoms with Crippen molar-refractivity contribution >= 4 is 28.9 Å². The largest absolute Gasteiger partial charge is 0.453 e. The van der Waals surface area contributed by atoms with E-state index in [4.69, 9.17) is 19.7 Å². The number of rotatable bonds is 10. The van der Waals surface area contributed by atoms with Crippen molar-refractivity contribution in [3.8, 4) is 33.8 Å². The first-order chi connectivity index (χ1) is 25.6. The molecule has 2 fully saturated rings. The minimum absolute atomic E-state index is 0.0539. The molecule has 3 amide bonds. The molecule has 0 spiro atoms. The van der Waals surface area contributed by atoms with Crippen LogP contribution < -0.4 is 5.32 Å². The van der Waals surface area contributed by atoms with Crippen LogP contribution in [-0.4, -0.2) is 95.1 Å². The third kappa shape index (κ3) is 7.49. The SMILES string of the molecule is COC(=O)N[C@H](C(=O)N1CCC[C@H]1c1nc2ccc(-c3cnc(-c4ccc(-c5cnc([C@@H]6CCCN6C(=O)C[C@@H](C)O)[nH]5)cc4)cn3)cc2[nH]1)C(C)C. The zero-order chi connectivity index (χ0) is 37.2. The van der Waals surface area contributed by atoms with Gasteiger partial charge in [-0.15, -0.1) is 0 Å². The van der Waals surface area contributed by atoms with Crippen molar-refractivity contribution in [2.45, 2.75) is 77.1 Å². The van der Waals surface area contributed by atoms with Gasteiger partial charge in [-0.2, -0.15) is 0 Å². The van der Waals surface area contributed by atoms with Gasteiger partial charge < -0.3 is 34.9 Å². The number of benzene rings is 2. The van der Waals surface area contributed by atoms with E-state index in [1.165, 1.54) is 7.11 Å². The number of fused-ring (bicyclic) bond motifs is 1. The van der Waals surface area contributed by atoms with E-state index in [1.54, 1.807) is 30.4 Å². The number of aromatic nitrogens is 6. The molecule has 2 saturated heterocycles. The summed E-state index contributed by atoms with van der Waals surface area (Å²) in [5.41, 5.74) is 6.70. The number of nitrogens with one attached hydrogen (secondary N) is 3. The summed E-state index contributed by atoms with van der Waals surface area (Å²) in [5.74, 6) is 1.15. The van der Waals surface area contributed by atoms with Gasteiger partial charge in [0.05, 0.1) is 78.4 Å². The maximum Gasteiger partial charge on any atom is 0.407 e. The van der Waals surface area contributed by atoms with Crippen molar-refractivity contribution in [1.82, 2.24) is 45.0 Å². The fraction of sp³-hybridized carbons (Fsp3) is 0.410. The van der Waals surface area contributed by atoms with Crippen molar-refractivity contribution in [3.63, 3.8) is 0 Å². The van der Waals surface area contributed by atoms with Crippen molar-refractivity contribution in [2.24, 2.45) is 5.92 Å². The second kappa shape index (κ2) is 15.2.